The molecule has 40 valence electrons. The fourth-order valence-electron chi connectivity index (χ4n) is 0. The average molecular weight is 315 g/mol. The summed E-state index contributed by atoms with van der Waals surface area (Å²) >= 11 is 10.0. The van der Waals surface area contributed by atoms with Gasteiger partial charge in [-0.2, -0.15) is 0 Å². The zero-order valence-electron chi connectivity index (χ0n) is 2.63. The fourth-order valence-corrected chi connectivity index (χ4v) is 0. The van der Waals surface area contributed by atoms with Crippen molar-refractivity contribution < 1.29 is 0 Å². The van der Waals surface area contributed by atoms with E-state index in [2.05, 4.69) is 52.4 Å². The van der Waals surface area contributed by atoms with E-state index in [4.69, 9.17) is 0 Å². The molecule has 0 heterocycles. The molecule has 0 radical (unpaired) electrons. The van der Waals surface area contributed by atoms with Crippen molar-refractivity contribution in [2.24, 2.45) is 0 Å². The van der Waals surface area contributed by atoms with Gasteiger partial charge in [0, 0.05) is 0 Å². The van der Waals surface area contributed by atoms with Crippen molar-refractivity contribution in [2.75, 3.05) is 0 Å². The van der Waals surface area contributed by atoms with Crippen LogP contribution in [0.5, 0.6) is 0 Å². The van der Waals surface area contributed by atoms with Crippen molar-refractivity contribution in [3.05, 3.63) is 0 Å². The Kier molecular flexibility index (Phi) is 6.87. The SMILES string of the molecule is C[Si](Br)(Br)Br.[SiH4]. The highest BCUT2D eigenvalue weighted by Crippen LogP contribution is 2.25. The molecule has 0 aromatic carbocycles. The van der Waals surface area contributed by atoms with E-state index in [1.54, 1.807) is 0 Å². The first kappa shape index (κ1) is 10.8. The lowest BCUT2D eigenvalue weighted by Gasteiger charge is -1.92. The first-order chi connectivity index (χ1) is 2.00. The zero-order valence-corrected chi connectivity index (χ0v) is 8.39. The van der Waals surface area contributed by atoms with Gasteiger partial charge in [0.05, 0.1) is 0 Å². The quantitative estimate of drug-likeness (QED) is 0.467. The normalized spacial score (nSPS) is 10.0. The van der Waals surface area contributed by atoms with Crippen LogP contribution in [0.1, 0.15) is 0 Å². The number of hydrogen-bond acceptors (Lipinski definition) is 0. The van der Waals surface area contributed by atoms with Gasteiger partial charge < -0.3 is 0 Å². The van der Waals surface area contributed by atoms with Gasteiger partial charge in [-0.3, -0.25) is 0 Å². The Morgan fingerprint density at radius 3 is 1.17 bits per heavy atom. The minimum Gasteiger partial charge on any atom is -0.0967 e. The van der Waals surface area contributed by atoms with Gasteiger partial charge in [-0.1, -0.05) is 45.9 Å². The molecule has 0 spiro atoms. The van der Waals surface area contributed by atoms with Crippen molar-refractivity contribution in [1.82, 2.24) is 0 Å². The van der Waals surface area contributed by atoms with Crippen LogP contribution in [0.25, 0.3) is 0 Å². The Morgan fingerprint density at radius 1 is 1.17 bits per heavy atom. The molecular weight excluding hydrogens is 308 g/mol. The molecule has 0 aromatic rings. The average Bonchev–Trinajstić information content (AvgIpc) is 0.722. The second-order valence-electron chi connectivity index (χ2n) is 0.781. The van der Waals surface area contributed by atoms with Crippen LogP contribution in [-0.4, -0.2) is 14.9 Å². The van der Waals surface area contributed by atoms with Gasteiger partial charge in [-0.25, -0.2) is 0 Å². The Bertz CT molecular complexity index is 24.3. The molecule has 0 aliphatic heterocycles. The maximum Gasteiger partial charge on any atom is 0.264 e. The molecule has 0 saturated carbocycles. The first-order valence-electron chi connectivity index (χ1n) is 1.07. The maximum absolute atomic E-state index is 3.35. The molecule has 0 aliphatic carbocycles. The van der Waals surface area contributed by atoms with Gasteiger partial charge in [0.2, 0.25) is 0 Å². The highest BCUT2D eigenvalue weighted by atomic mass is 80.0. The van der Waals surface area contributed by atoms with Crippen LogP contribution < -0.4 is 0 Å². The lowest BCUT2D eigenvalue weighted by atomic mass is 11.9. The van der Waals surface area contributed by atoms with E-state index < -0.39 is 3.93 Å². The lowest BCUT2D eigenvalue weighted by molar-refractivity contribution is 2.35. The standard InChI is InChI=1S/CH3Br3Si.H4Si/c1-5(2,3)4;/h1H3;1H4. The molecule has 0 amide bonds. The topological polar surface area (TPSA) is 0 Å². The van der Waals surface area contributed by atoms with Gasteiger partial charge in [-0.15, -0.1) is 0 Å². The second kappa shape index (κ2) is 3.83. The smallest absolute Gasteiger partial charge is 0.0967 e. The Hall–Kier alpha value is 1.87. The minimum absolute atomic E-state index is 0. The molecule has 0 nitrogen and oxygen atoms in total. The molecule has 0 atom stereocenters. The summed E-state index contributed by atoms with van der Waals surface area (Å²) in [6, 6.07) is 0. The van der Waals surface area contributed by atoms with Crippen LogP contribution in [0, 0.1) is 0 Å². The van der Waals surface area contributed by atoms with E-state index in [1.807, 2.05) is 0 Å². The zero-order chi connectivity index (χ0) is 4.50. The van der Waals surface area contributed by atoms with Crippen molar-refractivity contribution >= 4 is 60.8 Å². The molecule has 0 fully saturated rings. The van der Waals surface area contributed by atoms with Crippen molar-refractivity contribution in [1.29, 1.82) is 0 Å². The monoisotopic (exact) mass is 312 g/mol. The summed E-state index contributed by atoms with van der Waals surface area (Å²) in [6.07, 6.45) is 0. The highest BCUT2D eigenvalue weighted by molar-refractivity contribution is 9.71. The fraction of sp³-hybridized carbons (Fsp3) is 1.00. The van der Waals surface area contributed by atoms with E-state index in [9.17, 15) is 0 Å². The van der Waals surface area contributed by atoms with Crippen LogP contribution in [0.15, 0.2) is 0 Å². The van der Waals surface area contributed by atoms with E-state index in [0.717, 1.165) is 0 Å². The van der Waals surface area contributed by atoms with Gasteiger partial charge in [0.1, 0.15) is 0 Å². The minimum atomic E-state index is -1.17. The molecule has 0 unspecified atom stereocenters. The Balaban J connectivity index is 0. The van der Waals surface area contributed by atoms with E-state index >= 15 is 0 Å². The summed E-state index contributed by atoms with van der Waals surface area (Å²) < 4.78 is -1.17. The summed E-state index contributed by atoms with van der Waals surface area (Å²) in [5, 5.41) is 0. The van der Waals surface area contributed by atoms with Gasteiger partial charge in [-0.05, 0) is 17.5 Å². The third kappa shape index (κ3) is 39.7. The number of halogens is 3. The molecule has 0 N–H and O–H groups in total. The van der Waals surface area contributed by atoms with Crippen LogP contribution in [0.2, 0.25) is 6.55 Å². The molecule has 0 saturated heterocycles. The summed E-state index contributed by atoms with van der Waals surface area (Å²) in [7, 11) is 0. The molecule has 0 bridgehead atoms. The van der Waals surface area contributed by atoms with Crippen LogP contribution >= 0.6 is 45.9 Å². The molecule has 5 heteroatoms. The molecular formula is CH7Br3Si2. The van der Waals surface area contributed by atoms with Crippen molar-refractivity contribution in [2.45, 2.75) is 6.55 Å². The maximum atomic E-state index is 3.35. The third-order valence-corrected chi connectivity index (χ3v) is 0. The van der Waals surface area contributed by atoms with Gasteiger partial charge in [0.25, 0.3) is 3.93 Å². The Labute approximate surface area is 66.8 Å². The predicted molar refractivity (Wildman–Crippen MR) is 49.7 cm³/mol. The van der Waals surface area contributed by atoms with Crippen LogP contribution in [0.4, 0.5) is 0 Å². The number of hydrogen-bond donors (Lipinski definition) is 0. The summed E-state index contributed by atoms with van der Waals surface area (Å²) in [5.74, 6) is 0. The molecule has 0 aliphatic rings. The number of rotatable bonds is 0. The molecule has 0 rings (SSSR count). The van der Waals surface area contributed by atoms with Crippen molar-refractivity contribution in [3.8, 4) is 0 Å². The molecule has 6 heavy (non-hydrogen) atoms. The first-order valence-corrected chi connectivity index (χ1v) is 10.3. The third-order valence-electron chi connectivity index (χ3n) is 0. The van der Waals surface area contributed by atoms with Gasteiger partial charge >= 0.3 is 0 Å². The van der Waals surface area contributed by atoms with E-state index in [0.29, 0.717) is 0 Å². The Morgan fingerprint density at radius 2 is 1.17 bits per heavy atom. The largest absolute Gasteiger partial charge is 0.264 e. The van der Waals surface area contributed by atoms with E-state index in [-0.39, 0.29) is 11.0 Å². The van der Waals surface area contributed by atoms with Crippen LogP contribution in [0.3, 0.4) is 0 Å². The van der Waals surface area contributed by atoms with E-state index in [1.165, 1.54) is 0 Å². The lowest BCUT2D eigenvalue weighted by Crippen LogP contribution is -1.93. The summed E-state index contributed by atoms with van der Waals surface area (Å²) in [5.41, 5.74) is 0. The second-order valence-corrected chi connectivity index (χ2v) is 26.2. The van der Waals surface area contributed by atoms with Gasteiger partial charge in [0.15, 0.2) is 0 Å². The van der Waals surface area contributed by atoms with Crippen molar-refractivity contribution in [3.63, 3.8) is 0 Å². The highest BCUT2D eigenvalue weighted by Gasteiger charge is 2.10. The van der Waals surface area contributed by atoms with Crippen LogP contribution in [-0.2, 0) is 0 Å². The summed E-state index contributed by atoms with van der Waals surface area (Å²) in [6.45, 7) is 2.08. The predicted octanol–water partition coefficient (Wildman–Crippen LogP) is 1.29. The summed E-state index contributed by atoms with van der Waals surface area (Å²) in [4.78, 5) is 0. The molecule has 0 aromatic heterocycles.